The van der Waals surface area contributed by atoms with Crippen molar-refractivity contribution in [1.82, 2.24) is 14.7 Å². The molecule has 1 amide bonds. The molecule has 0 bridgehead atoms. The predicted octanol–water partition coefficient (Wildman–Crippen LogP) is 2.26. The van der Waals surface area contributed by atoms with E-state index in [1.165, 1.54) is 18.5 Å². The molecule has 23 heavy (non-hydrogen) atoms. The Bertz CT molecular complexity index is 707. The average Bonchev–Trinajstić information content (AvgIpc) is 3.06. The number of aromatic nitrogens is 2. The number of primary amides is 1. The summed E-state index contributed by atoms with van der Waals surface area (Å²) in [7, 11) is 0. The van der Waals surface area contributed by atoms with Gasteiger partial charge in [-0.3, -0.25) is 14.4 Å². The smallest absolute Gasteiger partial charge is 0.248 e. The van der Waals surface area contributed by atoms with Crippen molar-refractivity contribution in [2.24, 2.45) is 5.73 Å². The Morgan fingerprint density at radius 3 is 2.87 bits per heavy atom. The first-order valence-electron chi connectivity index (χ1n) is 8.17. The van der Waals surface area contributed by atoms with Gasteiger partial charge >= 0.3 is 0 Å². The van der Waals surface area contributed by atoms with E-state index in [0.717, 1.165) is 30.9 Å². The van der Waals surface area contributed by atoms with Crippen molar-refractivity contribution in [2.45, 2.75) is 45.8 Å². The van der Waals surface area contributed by atoms with Gasteiger partial charge in [-0.15, -0.1) is 0 Å². The maximum atomic E-state index is 11.3. The number of likely N-dealkylation sites (tertiary alicyclic amines) is 1. The largest absolute Gasteiger partial charge is 0.366 e. The molecule has 2 N–H and O–H groups in total. The summed E-state index contributed by atoms with van der Waals surface area (Å²) >= 11 is 0. The van der Waals surface area contributed by atoms with Gasteiger partial charge in [-0.05, 0) is 57.0 Å². The van der Waals surface area contributed by atoms with Gasteiger partial charge in [-0.1, -0.05) is 12.1 Å². The molecule has 3 rings (SSSR count). The van der Waals surface area contributed by atoms with Crippen LogP contribution in [0, 0.1) is 13.8 Å². The van der Waals surface area contributed by atoms with Crippen LogP contribution < -0.4 is 5.73 Å². The second-order valence-electron chi connectivity index (χ2n) is 6.44. The molecule has 0 aliphatic carbocycles. The summed E-state index contributed by atoms with van der Waals surface area (Å²) in [5, 5.41) is 4.58. The van der Waals surface area contributed by atoms with Gasteiger partial charge in [0.2, 0.25) is 5.91 Å². The van der Waals surface area contributed by atoms with Gasteiger partial charge in [0.15, 0.2) is 0 Å². The van der Waals surface area contributed by atoms with Gasteiger partial charge < -0.3 is 5.73 Å². The van der Waals surface area contributed by atoms with Gasteiger partial charge in [0.25, 0.3) is 0 Å². The Balaban J connectivity index is 1.70. The van der Waals surface area contributed by atoms with E-state index in [0.29, 0.717) is 11.6 Å². The van der Waals surface area contributed by atoms with Gasteiger partial charge in [0.05, 0.1) is 12.2 Å². The number of benzene rings is 1. The summed E-state index contributed by atoms with van der Waals surface area (Å²) in [6, 6.07) is 10.2. The molecule has 0 saturated carbocycles. The molecule has 1 fully saturated rings. The molecule has 0 radical (unpaired) electrons. The lowest BCUT2D eigenvalue weighted by atomic mass is 10.1. The van der Waals surface area contributed by atoms with Crippen molar-refractivity contribution >= 4 is 5.91 Å². The molecule has 0 unspecified atom stereocenters. The van der Waals surface area contributed by atoms with E-state index in [1.54, 1.807) is 6.07 Å². The van der Waals surface area contributed by atoms with E-state index in [2.05, 4.69) is 33.7 Å². The van der Waals surface area contributed by atoms with E-state index < -0.39 is 0 Å². The highest BCUT2D eigenvalue weighted by Gasteiger charge is 2.25. The van der Waals surface area contributed by atoms with E-state index in [9.17, 15) is 4.79 Å². The van der Waals surface area contributed by atoms with Crippen molar-refractivity contribution in [1.29, 1.82) is 0 Å². The van der Waals surface area contributed by atoms with Gasteiger partial charge in [0, 0.05) is 23.8 Å². The summed E-state index contributed by atoms with van der Waals surface area (Å²) < 4.78 is 2.11. The van der Waals surface area contributed by atoms with E-state index in [-0.39, 0.29) is 5.91 Å². The van der Waals surface area contributed by atoms with Crippen molar-refractivity contribution < 1.29 is 4.79 Å². The highest BCUT2D eigenvalue weighted by Crippen LogP contribution is 2.22. The molecule has 5 nitrogen and oxygen atoms in total. The molecule has 1 aromatic carbocycles. The minimum atomic E-state index is -0.368. The number of nitrogens with two attached hydrogens (primary N) is 1. The lowest BCUT2D eigenvalue weighted by Gasteiger charge is -2.25. The SMILES string of the molecule is Cc1cc(C)n(C[C@H]2CCCN2Cc2cccc(C(N)=O)c2)n1. The van der Waals surface area contributed by atoms with Crippen LogP contribution in [0.4, 0.5) is 0 Å². The number of carbonyl (C=O) groups excluding carboxylic acids is 1. The molecule has 1 aliphatic heterocycles. The number of aryl methyl sites for hydroxylation is 2. The zero-order valence-electron chi connectivity index (χ0n) is 13.8. The number of hydrogen-bond acceptors (Lipinski definition) is 3. The molecule has 1 aliphatic rings. The maximum absolute atomic E-state index is 11.3. The van der Waals surface area contributed by atoms with Gasteiger partial charge in [-0.2, -0.15) is 5.10 Å². The van der Waals surface area contributed by atoms with Crippen LogP contribution in [0.15, 0.2) is 30.3 Å². The van der Waals surface area contributed by atoms with Gasteiger partial charge in [0.1, 0.15) is 0 Å². The van der Waals surface area contributed by atoms with Crippen LogP contribution in [-0.2, 0) is 13.1 Å². The van der Waals surface area contributed by atoms with Crippen molar-refractivity contribution in [3.63, 3.8) is 0 Å². The van der Waals surface area contributed by atoms with Crippen molar-refractivity contribution in [3.8, 4) is 0 Å². The Labute approximate surface area is 137 Å². The highest BCUT2D eigenvalue weighted by molar-refractivity contribution is 5.92. The second kappa shape index (κ2) is 6.54. The first kappa shape index (κ1) is 15.7. The van der Waals surface area contributed by atoms with Gasteiger partial charge in [-0.25, -0.2) is 0 Å². The van der Waals surface area contributed by atoms with Crippen molar-refractivity contribution in [3.05, 3.63) is 52.8 Å². The normalized spacial score (nSPS) is 18.4. The minimum absolute atomic E-state index is 0.368. The molecule has 2 aromatic rings. The molecular weight excluding hydrogens is 288 g/mol. The third-order valence-electron chi connectivity index (χ3n) is 4.58. The molecule has 122 valence electrons. The Morgan fingerprint density at radius 2 is 2.17 bits per heavy atom. The van der Waals surface area contributed by atoms with Crippen LogP contribution in [0.25, 0.3) is 0 Å². The number of carbonyl (C=O) groups is 1. The topological polar surface area (TPSA) is 64.2 Å². The zero-order valence-corrected chi connectivity index (χ0v) is 13.8. The highest BCUT2D eigenvalue weighted by atomic mass is 16.1. The fourth-order valence-electron chi connectivity index (χ4n) is 3.43. The number of hydrogen-bond donors (Lipinski definition) is 1. The van der Waals surface area contributed by atoms with Crippen LogP contribution in [0.3, 0.4) is 0 Å². The Hall–Kier alpha value is -2.14. The number of amides is 1. The molecular formula is C18H24N4O. The summed E-state index contributed by atoms with van der Waals surface area (Å²) in [6.45, 7) is 7.01. The summed E-state index contributed by atoms with van der Waals surface area (Å²) in [5.41, 5.74) is 9.38. The van der Waals surface area contributed by atoms with Crippen LogP contribution in [-0.4, -0.2) is 33.2 Å². The summed E-state index contributed by atoms with van der Waals surface area (Å²) in [5.74, 6) is -0.368. The molecule has 2 heterocycles. The fourth-order valence-corrected chi connectivity index (χ4v) is 3.43. The lowest BCUT2D eigenvalue weighted by molar-refractivity contribution is 0.1000. The minimum Gasteiger partial charge on any atom is -0.366 e. The molecule has 0 spiro atoms. The number of rotatable bonds is 5. The van der Waals surface area contributed by atoms with Crippen LogP contribution in [0.2, 0.25) is 0 Å². The quantitative estimate of drug-likeness (QED) is 0.921. The Morgan fingerprint density at radius 1 is 1.35 bits per heavy atom. The number of nitrogens with zero attached hydrogens (tertiary/aromatic N) is 3. The van der Waals surface area contributed by atoms with Crippen molar-refractivity contribution in [2.75, 3.05) is 6.54 Å². The lowest BCUT2D eigenvalue weighted by Crippen LogP contribution is -2.33. The van der Waals surface area contributed by atoms with Crippen LogP contribution in [0.5, 0.6) is 0 Å². The molecule has 1 saturated heterocycles. The average molecular weight is 312 g/mol. The predicted molar refractivity (Wildman–Crippen MR) is 90.1 cm³/mol. The fraction of sp³-hybridized carbons (Fsp3) is 0.444. The third-order valence-corrected chi connectivity index (χ3v) is 4.58. The third kappa shape index (κ3) is 3.62. The van der Waals surface area contributed by atoms with Crippen LogP contribution in [0.1, 0.15) is 40.2 Å². The monoisotopic (exact) mass is 312 g/mol. The first-order chi connectivity index (χ1) is 11.0. The van der Waals surface area contributed by atoms with Crippen LogP contribution >= 0.6 is 0 Å². The molecule has 1 atom stereocenters. The van der Waals surface area contributed by atoms with E-state index in [1.807, 2.05) is 19.1 Å². The summed E-state index contributed by atoms with van der Waals surface area (Å²) in [6.07, 6.45) is 2.40. The maximum Gasteiger partial charge on any atom is 0.248 e. The molecule has 1 aromatic heterocycles. The summed E-state index contributed by atoms with van der Waals surface area (Å²) in [4.78, 5) is 13.8. The standard InChI is InChI=1S/C18H24N4O/c1-13-9-14(2)22(20-13)12-17-7-4-8-21(17)11-15-5-3-6-16(10-15)18(19)23/h3,5-6,9-10,17H,4,7-8,11-12H2,1-2H3,(H2,19,23)/t17-/m1/s1. The first-order valence-corrected chi connectivity index (χ1v) is 8.17. The Kier molecular flexibility index (Phi) is 4.48. The zero-order chi connectivity index (χ0) is 16.4. The second-order valence-corrected chi connectivity index (χ2v) is 6.44. The molecule has 5 heteroatoms. The van der Waals surface area contributed by atoms with E-state index >= 15 is 0 Å². The van der Waals surface area contributed by atoms with E-state index in [4.69, 9.17) is 5.73 Å².